The van der Waals surface area contributed by atoms with Gasteiger partial charge in [0, 0.05) is 12.3 Å². The summed E-state index contributed by atoms with van der Waals surface area (Å²) < 4.78 is 44.0. The van der Waals surface area contributed by atoms with Crippen molar-refractivity contribution in [1.82, 2.24) is 10.2 Å². The van der Waals surface area contributed by atoms with E-state index in [4.69, 9.17) is 4.74 Å². The second kappa shape index (κ2) is 10.0. The summed E-state index contributed by atoms with van der Waals surface area (Å²) in [7, 11) is 1.46. The molecule has 0 fully saturated rings. The molecule has 1 aromatic heterocycles. The molecule has 0 amide bonds. The second-order valence-corrected chi connectivity index (χ2v) is 8.74. The standard InChI is InChI=1S/C18H16F3N3OS3/c1-25-14-8-12(4-7-15(14)27-16(20)21)10-26-18-24-23-17(28-18)22-9-11-2-5-13(19)6-3-11/h2-8,16H,9-10H2,1H3,(H,22,23). The first kappa shape index (κ1) is 20.8. The fraction of sp³-hybridized carbons (Fsp3) is 0.222. The van der Waals surface area contributed by atoms with Crippen LogP contribution in [0.25, 0.3) is 0 Å². The van der Waals surface area contributed by atoms with E-state index >= 15 is 0 Å². The van der Waals surface area contributed by atoms with Gasteiger partial charge in [0.25, 0.3) is 5.76 Å². The van der Waals surface area contributed by atoms with Crippen molar-refractivity contribution in [2.45, 2.75) is 27.3 Å². The molecule has 0 radical (unpaired) electrons. The highest BCUT2D eigenvalue weighted by molar-refractivity contribution is 8.00. The number of ether oxygens (including phenoxy) is 1. The molecule has 3 aromatic rings. The molecule has 1 heterocycles. The summed E-state index contributed by atoms with van der Waals surface area (Å²) in [6.45, 7) is 0.528. The topological polar surface area (TPSA) is 47.0 Å². The lowest BCUT2D eigenvalue weighted by Crippen LogP contribution is -1.98. The number of hydrogen-bond acceptors (Lipinski definition) is 7. The molecule has 1 N–H and O–H groups in total. The van der Waals surface area contributed by atoms with Gasteiger partial charge in [-0.25, -0.2) is 4.39 Å². The fourth-order valence-corrected chi connectivity index (χ4v) is 4.55. The summed E-state index contributed by atoms with van der Waals surface area (Å²) in [5, 5.41) is 12.1. The predicted molar refractivity (Wildman–Crippen MR) is 108 cm³/mol. The van der Waals surface area contributed by atoms with Crippen LogP contribution in [-0.4, -0.2) is 23.1 Å². The minimum atomic E-state index is -2.49. The number of methoxy groups -OCH3 is 1. The minimum Gasteiger partial charge on any atom is -0.496 e. The number of nitrogens with zero attached hydrogens (tertiary/aromatic N) is 2. The van der Waals surface area contributed by atoms with Gasteiger partial charge >= 0.3 is 0 Å². The Hall–Kier alpha value is -1.91. The van der Waals surface area contributed by atoms with Gasteiger partial charge in [0.2, 0.25) is 5.13 Å². The molecule has 148 valence electrons. The Kier molecular flexibility index (Phi) is 7.46. The smallest absolute Gasteiger partial charge is 0.289 e. The molecule has 0 atom stereocenters. The lowest BCUT2D eigenvalue weighted by molar-refractivity contribution is 0.251. The summed E-state index contributed by atoms with van der Waals surface area (Å²) in [6, 6.07) is 11.4. The predicted octanol–water partition coefficient (Wildman–Crippen LogP) is 5.90. The van der Waals surface area contributed by atoms with E-state index < -0.39 is 5.76 Å². The molecular formula is C18H16F3N3OS3. The maximum absolute atomic E-state index is 12.9. The van der Waals surface area contributed by atoms with Crippen LogP contribution in [0.1, 0.15) is 11.1 Å². The fourth-order valence-electron chi connectivity index (χ4n) is 2.26. The van der Waals surface area contributed by atoms with Gasteiger partial charge in [-0.2, -0.15) is 8.78 Å². The molecule has 3 rings (SSSR count). The van der Waals surface area contributed by atoms with Crippen LogP contribution in [0.15, 0.2) is 51.7 Å². The number of nitrogens with one attached hydrogen (secondary N) is 1. The van der Waals surface area contributed by atoms with Gasteiger partial charge in [0.15, 0.2) is 4.34 Å². The van der Waals surface area contributed by atoms with Crippen molar-refractivity contribution in [1.29, 1.82) is 0 Å². The second-order valence-electron chi connectivity index (χ2n) is 5.51. The molecule has 0 saturated carbocycles. The van der Waals surface area contributed by atoms with Crippen LogP contribution in [0.2, 0.25) is 0 Å². The van der Waals surface area contributed by atoms with E-state index in [1.807, 2.05) is 0 Å². The molecule has 2 aromatic carbocycles. The van der Waals surface area contributed by atoms with Crippen molar-refractivity contribution >= 4 is 40.0 Å². The van der Waals surface area contributed by atoms with Crippen LogP contribution in [-0.2, 0) is 12.3 Å². The molecule has 4 nitrogen and oxygen atoms in total. The molecular weight excluding hydrogens is 427 g/mol. The van der Waals surface area contributed by atoms with Gasteiger partial charge in [-0.1, -0.05) is 53.1 Å². The van der Waals surface area contributed by atoms with E-state index in [2.05, 4.69) is 15.5 Å². The van der Waals surface area contributed by atoms with Crippen molar-refractivity contribution in [3.8, 4) is 5.75 Å². The highest BCUT2D eigenvalue weighted by Gasteiger charge is 2.12. The lowest BCUT2D eigenvalue weighted by Gasteiger charge is -2.09. The van der Waals surface area contributed by atoms with E-state index in [1.165, 1.54) is 42.3 Å². The number of hydrogen-bond donors (Lipinski definition) is 1. The average Bonchev–Trinajstić information content (AvgIpc) is 3.14. The molecule has 0 aliphatic rings. The van der Waals surface area contributed by atoms with Gasteiger partial charge in [0.1, 0.15) is 11.6 Å². The first-order valence-corrected chi connectivity index (χ1v) is 10.8. The molecule has 0 aliphatic carbocycles. The third-order valence-electron chi connectivity index (χ3n) is 3.57. The van der Waals surface area contributed by atoms with Crippen LogP contribution in [0.3, 0.4) is 0 Å². The third kappa shape index (κ3) is 6.05. The number of anilines is 1. The Balaban J connectivity index is 1.54. The van der Waals surface area contributed by atoms with E-state index in [9.17, 15) is 13.2 Å². The van der Waals surface area contributed by atoms with E-state index in [0.717, 1.165) is 15.5 Å². The Morgan fingerprint density at radius 3 is 2.57 bits per heavy atom. The first-order valence-electron chi connectivity index (χ1n) is 8.10. The van der Waals surface area contributed by atoms with Gasteiger partial charge in [-0.15, -0.1) is 10.2 Å². The maximum atomic E-state index is 12.9. The largest absolute Gasteiger partial charge is 0.496 e. The van der Waals surface area contributed by atoms with Gasteiger partial charge in [0.05, 0.1) is 12.0 Å². The van der Waals surface area contributed by atoms with Crippen molar-refractivity contribution in [3.63, 3.8) is 0 Å². The quantitative estimate of drug-likeness (QED) is 0.415. The number of benzene rings is 2. The molecule has 0 saturated heterocycles. The van der Waals surface area contributed by atoms with Crippen LogP contribution < -0.4 is 10.1 Å². The van der Waals surface area contributed by atoms with Crippen molar-refractivity contribution in [2.24, 2.45) is 0 Å². The summed E-state index contributed by atoms with van der Waals surface area (Å²) in [5.41, 5.74) is 1.89. The van der Waals surface area contributed by atoms with Gasteiger partial charge in [-0.05, 0) is 35.4 Å². The zero-order valence-electron chi connectivity index (χ0n) is 14.7. The van der Waals surface area contributed by atoms with Crippen LogP contribution >= 0.6 is 34.9 Å². The monoisotopic (exact) mass is 443 g/mol. The van der Waals surface area contributed by atoms with Crippen LogP contribution in [0, 0.1) is 5.82 Å². The van der Waals surface area contributed by atoms with Gasteiger partial charge < -0.3 is 10.1 Å². The molecule has 28 heavy (non-hydrogen) atoms. The molecule has 0 aliphatic heterocycles. The normalized spacial score (nSPS) is 11.0. The first-order chi connectivity index (χ1) is 13.5. The van der Waals surface area contributed by atoms with Gasteiger partial charge in [-0.3, -0.25) is 0 Å². The number of rotatable bonds is 9. The van der Waals surface area contributed by atoms with Crippen molar-refractivity contribution < 1.29 is 17.9 Å². The number of thioether (sulfide) groups is 2. The zero-order valence-corrected chi connectivity index (χ0v) is 17.1. The molecule has 0 unspecified atom stereocenters. The number of aromatic nitrogens is 2. The summed E-state index contributed by atoms with van der Waals surface area (Å²) in [6.07, 6.45) is 0. The number of alkyl halides is 2. The van der Waals surface area contributed by atoms with Crippen molar-refractivity contribution in [2.75, 3.05) is 12.4 Å². The zero-order chi connectivity index (χ0) is 19.9. The molecule has 10 heteroatoms. The number of halogens is 3. The molecule has 0 spiro atoms. The van der Waals surface area contributed by atoms with Crippen LogP contribution in [0.5, 0.6) is 5.75 Å². The third-order valence-corrected chi connectivity index (χ3v) is 6.42. The van der Waals surface area contributed by atoms with Crippen LogP contribution in [0.4, 0.5) is 18.3 Å². The van der Waals surface area contributed by atoms with E-state index in [-0.39, 0.29) is 5.82 Å². The van der Waals surface area contributed by atoms with E-state index in [0.29, 0.717) is 39.8 Å². The maximum Gasteiger partial charge on any atom is 0.289 e. The molecule has 0 bridgehead atoms. The Bertz CT molecular complexity index is 907. The van der Waals surface area contributed by atoms with E-state index in [1.54, 1.807) is 30.3 Å². The lowest BCUT2D eigenvalue weighted by atomic mass is 10.2. The Morgan fingerprint density at radius 2 is 1.86 bits per heavy atom. The highest BCUT2D eigenvalue weighted by Crippen LogP contribution is 2.36. The Morgan fingerprint density at radius 1 is 1.11 bits per heavy atom. The van der Waals surface area contributed by atoms with Crippen molar-refractivity contribution in [3.05, 3.63) is 59.4 Å². The highest BCUT2D eigenvalue weighted by atomic mass is 32.2. The summed E-state index contributed by atoms with van der Waals surface area (Å²) >= 11 is 3.38. The SMILES string of the molecule is COc1cc(CSc2nnc(NCc3ccc(F)cc3)s2)ccc1SC(F)F. The minimum absolute atomic E-state index is 0.268. The average molecular weight is 444 g/mol. The Labute approximate surface area is 172 Å². The summed E-state index contributed by atoms with van der Waals surface area (Å²) in [5.74, 6) is -1.71. The summed E-state index contributed by atoms with van der Waals surface area (Å²) in [4.78, 5) is 0.412.